The number of fused-ring (bicyclic) bond motifs is 1. The summed E-state index contributed by atoms with van der Waals surface area (Å²) < 4.78 is 0. The highest BCUT2D eigenvalue weighted by atomic mass is 15.1. The van der Waals surface area contributed by atoms with Crippen molar-refractivity contribution in [3.8, 4) is 0 Å². The molecule has 0 aliphatic carbocycles. The molecule has 0 unspecified atom stereocenters. The largest absolute Gasteiger partial charge is 0.378 e. The van der Waals surface area contributed by atoms with Crippen molar-refractivity contribution in [2.45, 2.75) is 6.92 Å². The van der Waals surface area contributed by atoms with E-state index in [1.54, 1.807) is 0 Å². The van der Waals surface area contributed by atoms with E-state index in [0.717, 1.165) is 16.6 Å². The molecule has 4 heteroatoms. The van der Waals surface area contributed by atoms with E-state index in [2.05, 4.69) is 51.0 Å². The first-order chi connectivity index (χ1) is 10.1. The lowest BCUT2D eigenvalue weighted by Gasteiger charge is -2.11. The second kappa shape index (κ2) is 5.40. The second-order valence-electron chi connectivity index (χ2n) is 5.33. The highest BCUT2D eigenvalue weighted by molar-refractivity contribution is 5.83. The molecule has 21 heavy (non-hydrogen) atoms. The fourth-order valence-corrected chi connectivity index (χ4v) is 2.17. The maximum atomic E-state index is 4.45. The first-order valence-electron chi connectivity index (χ1n) is 6.90. The van der Waals surface area contributed by atoms with Gasteiger partial charge in [0, 0.05) is 26.0 Å². The summed E-state index contributed by atoms with van der Waals surface area (Å²) in [5.41, 5.74) is 5.39. The molecule has 1 aromatic heterocycles. The quantitative estimate of drug-likeness (QED) is 0.743. The zero-order valence-electron chi connectivity index (χ0n) is 12.5. The number of hydrogen-bond donors (Lipinski definition) is 1. The summed E-state index contributed by atoms with van der Waals surface area (Å²) in [5.74, 6) is 0.632. The molecular formula is C17H18N4. The van der Waals surface area contributed by atoms with Crippen molar-refractivity contribution in [1.82, 2.24) is 9.97 Å². The van der Waals surface area contributed by atoms with E-state index < -0.39 is 0 Å². The van der Waals surface area contributed by atoms with Gasteiger partial charge in [0.1, 0.15) is 0 Å². The molecule has 0 spiro atoms. The van der Waals surface area contributed by atoms with Crippen LogP contribution in [-0.4, -0.2) is 30.3 Å². The number of aromatic amines is 1. The monoisotopic (exact) mass is 278 g/mol. The predicted molar refractivity (Wildman–Crippen MR) is 88.9 cm³/mol. The van der Waals surface area contributed by atoms with Crippen molar-refractivity contribution >= 4 is 28.9 Å². The summed E-state index contributed by atoms with van der Waals surface area (Å²) in [7, 11) is 4.05. The fraction of sp³-hybridized carbons (Fsp3) is 0.176. The minimum atomic E-state index is 0.632. The van der Waals surface area contributed by atoms with Gasteiger partial charge in [-0.25, -0.2) is 9.98 Å². The molecule has 4 nitrogen and oxygen atoms in total. The molecule has 0 fully saturated rings. The van der Waals surface area contributed by atoms with E-state index in [9.17, 15) is 0 Å². The normalized spacial score (nSPS) is 11.4. The predicted octanol–water partition coefficient (Wildman–Crippen LogP) is 3.69. The molecule has 0 atom stereocenters. The average Bonchev–Trinajstić information content (AvgIpc) is 2.87. The number of nitrogens with zero attached hydrogens (tertiary/aromatic N) is 3. The van der Waals surface area contributed by atoms with Crippen molar-refractivity contribution in [2.24, 2.45) is 4.99 Å². The first-order valence-corrected chi connectivity index (χ1v) is 6.90. The van der Waals surface area contributed by atoms with Crippen LogP contribution in [0.4, 0.5) is 11.6 Å². The molecule has 3 aromatic rings. The van der Waals surface area contributed by atoms with E-state index in [4.69, 9.17) is 0 Å². The zero-order chi connectivity index (χ0) is 14.8. The maximum absolute atomic E-state index is 4.45. The number of aliphatic imine (C=N–C) groups is 1. The summed E-state index contributed by atoms with van der Waals surface area (Å²) in [6, 6.07) is 14.4. The van der Waals surface area contributed by atoms with Crippen LogP contribution in [0.5, 0.6) is 0 Å². The van der Waals surface area contributed by atoms with Gasteiger partial charge in [-0.3, -0.25) is 0 Å². The Hall–Kier alpha value is -2.62. The van der Waals surface area contributed by atoms with Gasteiger partial charge in [0.25, 0.3) is 0 Å². The van der Waals surface area contributed by atoms with E-state index in [1.807, 2.05) is 38.5 Å². The third-order valence-corrected chi connectivity index (χ3v) is 3.37. The molecule has 106 valence electrons. The van der Waals surface area contributed by atoms with Crippen LogP contribution in [0.2, 0.25) is 0 Å². The van der Waals surface area contributed by atoms with E-state index in [1.165, 1.54) is 11.3 Å². The van der Waals surface area contributed by atoms with Gasteiger partial charge in [0.2, 0.25) is 5.95 Å². The van der Waals surface area contributed by atoms with Crippen molar-refractivity contribution in [1.29, 1.82) is 0 Å². The van der Waals surface area contributed by atoms with Crippen molar-refractivity contribution in [3.63, 3.8) is 0 Å². The number of imidazole rings is 1. The summed E-state index contributed by atoms with van der Waals surface area (Å²) in [6.45, 7) is 2.07. The van der Waals surface area contributed by atoms with Gasteiger partial charge in [0.05, 0.1) is 11.0 Å². The van der Waals surface area contributed by atoms with Crippen LogP contribution in [0.3, 0.4) is 0 Å². The molecule has 2 aromatic carbocycles. The van der Waals surface area contributed by atoms with E-state index in [0.29, 0.717) is 5.95 Å². The van der Waals surface area contributed by atoms with Gasteiger partial charge < -0.3 is 9.88 Å². The van der Waals surface area contributed by atoms with Gasteiger partial charge in [-0.15, -0.1) is 0 Å². The number of nitrogens with one attached hydrogen (secondary N) is 1. The number of H-pyrrole nitrogens is 1. The zero-order valence-corrected chi connectivity index (χ0v) is 12.5. The van der Waals surface area contributed by atoms with E-state index in [-0.39, 0.29) is 0 Å². The molecule has 0 saturated carbocycles. The van der Waals surface area contributed by atoms with E-state index >= 15 is 0 Å². The van der Waals surface area contributed by atoms with Crippen LogP contribution in [0.25, 0.3) is 11.0 Å². The van der Waals surface area contributed by atoms with Crippen molar-refractivity contribution in [2.75, 3.05) is 19.0 Å². The van der Waals surface area contributed by atoms with Crippen LogP contribution >= 0.6 is 0 Å². The highest BCUT2D eigenvalue weighted by Crippen LogP contribution is 2.17. The lowest BCUT2D eigenvalue weighted by molar-refractivity contribution is 1.13. The Bertz CT molecular complexity index is 782. The number of aromatic nitrogens is 2. The lowest BCUT2D eigenvalue weighted by Crippen LogP contribution is -2.08. The SMILES string of the molecule is Cc1ccc2nc(/N=C/c3ccc(N(C)C)cc3)[nH]c2c1. The van der Waals surface area contributed by atoms with Gasteiger partial charge in [-0.2, -0.15) is 0 Å². The Kier molecular flexibility index (Phi) is 3.44. The molecule has 0 radical (unpaired) electrons. The second-order valence-corrected chi connectivity index (χ2v) is 5.33. The van der Waals surface area contributed by atoms with Crippen LogP contribution in [0.1, 0.15) is 11.1 Å². The number of aryl methyl sites for hydroxylation is 1. The molecular weight excluding hydrogens is 260 g/mol. The number of hydrogen-bond acceptors (Lipinski definition) is 3. The molecule has 0 saturated heterocycles. The smallest absolute Gasteiger partial charge is 0.227 e. The Morgan fingerprint density at radius 2 is 1.86 bits per heavy atom. The topological polar surface area (TPSA) is 44.3 Å². The standard InChI is InChI=1S/C17H18N4/c1-12-4-9-15-16(10-12)20-17(19-15)18-11-13-5-7-14(8-6-13)21(2)3/h4-11H,1-3H3,(H,19,20)/b18-11+. The summed E-state index contributed by atoms with van der Waals surface area (Å²) in [6.07, 6.45) is 1.82. The van der Waals surface area contributed by atoms with Gasteiger partial charge in [-0.05, 0) is 42.3 Å². The van der Waals surface area contributed by atoms with Gasteiger partial charge in [0.15, 0.2) is 0 Å². The van der Waals surface area contributed by atoms with Gasteiger partial charge in [-0.1, -0.05) is 18.2 Å². The minimum absolute atomic E-state index is 0.632. The molecule has 0 amide bonds. The highest BCUT2D eigenvalue weighted by Gasteiger charge is 2.01. The average molecular weight is 278 g/mol. The Balaban J connectivity index is 1.83. The Labute approximate surface area is 124 Å². The Morgan fingerprint density at radius 3 is 2.57 bits per heavy atom. The molecule has 3 rings (SSSR count). The van der Waals surface area contributed by atoms with Crippen LogP contribution < -0.4 is 4.90 Å². The number of anilines is 1. The van der Waals surface area contributed by atoms with Crippen molar-refractivity contribution in [3.05, 3.63) is 53.6 Å². The lowest BCUT2D eigenvalue weighted by atomic mass is 10.2. The minimum Gasteiger partial charge on any atom is -0.378 e. The van der Waals surface area contributed by atoms with Crippen LogP contribution in [0.15, 0.2) is 47.5 Å². The first kappa shape index (κ1) is 13.4. The molecule has 1 N–H and O–H groups in total. The molecule has 0 aliphatic rings. The Morgan fingerprint density at radius 1 is 1.10 bits per heavy atom. The summed E-state index contributed by atoms with van der Waals surface area (Å²) in [5, 5.41) is 0. The number of rotatable bonds is 3. The van der Waals surface area contributed by atoms with Gasteiger partial charge >= 0.3 is 0 Å². The maximum Gasteiger partial charge on any atom is 0.227 e. The summed E-state index contributed by atoms with van der Waals surface area (Å²) >= 11 is 0. The fourth-order valence-electron chi connectivity index (χ4n) is 2.17. The molecule has 0 bridgehead atoms. The van der Waals surface area contributed by atoms with Crippen molar-refractivity contribution < 1.29 is 0 Å². The number of benzene rings is 2. The van der Waals surface area contributed by atoms with Crippen LogP contribution in [-0.2, 0) is 0 Å². The molecule has 1 heterocycles. The molecule has 0 aliphatic heterocycles. The third kappa shape index (κ3) is 2.94. The summed E-state index contributed by atoms with van der Waals surface area (Å²) in [4.78, 5) is 14.2. The van der Waals surface area contributed by atoms with Crippen LogP contribution in [0, 0.1) is 6.92 Å². The third-order valence-electron chi connectivity index (χ3n) is 3.37.